The van der Waals surface area contributed by atoms with Crippen LogP contribution in [-0.2, 0) is 14.3 Å². The van der Waals surface area contributed by atoms with Gasteiger partial charge >= 0.3 is 0 Å². The topological polar surface area (TPSA) is 149 Å². The van der Waals surface area contributed by atoms with Gasteiger partial charge in [-0.2, -0.15) is 0 Å². The Hall–Kier alpha value is -1.85. The molecule has 9 nitrogen and oxygen atoms in total. The molecule has 1 aliphatic heterocycles. The third kappa shape index (κ3) is 37.6. The first-order valence-corrected chi connectivity index (χ1v) is 28.4. The molecule has 1 amide bonds. The fraction of sp³-hybridized carbons (Fsp3) is 0.845. The van der Waals surface area contributed by atoms with Crippen LogP contribution in [0.5, 0.6) is 0 Å². The minimum atomic E-state index is -1.58. The molecule has 6 N–H and O–H groups in total. The summed E-state index contributed by atoms with van der Waals surface area (Å²) in [6, 6.07) is -0.832. The molecule has 1 heterocycles. The maximum atomic E-state index is 12.9. The molecule has 67 heavy (non-hydrogen) atoms. The molecule has 7 unspecified atom stereocenters. The number of nitrogens with one attached hydrogen (secondary N) is 1. The molecule has 392 valence electrons. The Bertz CT molecular complexity index is 1190. The fourth-order valence-electron chi connectivity index (χ4n) is 8.82. The van der Waals surface area contributed by atoms with Crippen LogP contribution in [0.25, 0.3) is 0 Å². The van der Waals surface area contributed by atoms with Crippen molar-refractivity contribution in [2.75, 3.05) is 13.2 Å². The number of aliphatic hydroxyl groups is 5. The monoisotopic (exact) mass is 946 g/mol. The summed E-state index contributed by atoms with van der Waals surface area (Å²) >= 11 is 0. The number of amides is 1. The maximum Gasteiger partial charge on any atom is 0.220 e. The van der Waals surface area contributed by atoms with E-state index in [1.165, 1.54) is 167 Å². The van der Waals surface area contributed by atoms with Crippen molar-refractivity contribution >= 4 is 5.91 Å². The summed E-state index contributed by atoms with van der Waals surface area (Å²) in [5.74, 6) is -0.202. The molecule has 7 atom stereocenters. The molecule has 0 aromatic rings. The molecule has 0 spiro atoms. The van der Waals surface area contributed by atoms with E-state index in [4.69, 9.17) is 9.47 Å². The van der Waals surface area contributed by atoms with Crippen LogP contribution >= 0.6 is 0 Å². The molecule has 1 rings (SSSR count). The number of carbonyl (C=O) groups is 1. The number of rotatable bonds is 48. The number of hydrogen-bond donors (Lipinski definition) is 6. The van der Waals surface area contributed by atoms with Crippen LogP contribution in [0.1, 0.15) is 258 Å². The SMILES string of the molecule is CCCC/C=C\CCCCCCCC(=O)NC(COC1OC(CO)C(O)C(O)C1O)C(O)/C=C/CC/C=C/CC/C=C/CCCCCCCCCCCCCCCCCCCCCCCCC. The third-order valence-corrected chi connectivity index (χ3v) is 13.4. The number of ether oxygens (including phenoxy) is 2. The van der Waals surface area contributed by atoms with Crippen LogP contribution in [0.2, 0.25) is 0 Å². The zero-order valence-corrected chi connectivity index (χ0v) is 43.4. The van der Waals surface area contributed by atoms with E-state index < -0.39 is 49.5 Å². The van der Waals surface area contributed by atoms with Crippen molar-refractivity contribution in [1.29, 1.82) is 0 Å². The maximum absolute atomic E-state index is 12.9. The summed E-state index contributed by atoms with van der Waals surface area (Å²) in [5, 5.41) is 54.3. The average molecular weight is 946 g/mol. The van der Waals surface area contributed by atoms with E-state index in [9.17, 15) is 30.3 Å². The van der Waals surface area contributed by atoms with E-state index in [0.29, 0.717) is 6.42 Å². The lowest BCUT2D eigenvalue weighted by molar-refractivity contribution is -0.302. The van der Waals surface area contributed by atoms with E-state index in [0.717, 1.165) is 70.6 Å². The largest absolute Gasteiger partial charge is 0.394 e. The van der Waals surface area contributed by atoms with Gasteiger partial charge in [0.1, 0.15) is 24.4 Å². The summed E-state index contributed by atoms with van der Waals surface area (Å²) in [7, 11) is 0. The standard InChI is InChI=1S/C58H107NO8/c1-3-5-7-9-11-13-15-16-17-18-19-20-21-22-23-24-25-26-27-28-29-30-31-32-33-34-35-36-38-39-41-43-45-47-52(61)51(50-66-58-57(65)56(64)55(63)53(49-60)67-58)59-54(62)48-46-44-42-40-37-14-12-10-8-6-4-2/h10,12,33-34,38-39,45,47,51-53,55-58,60-61,63-65H,3-9,11,13-32,35-37,40-44,46,48-50H2,1-2H3,(H,59,62)/b12-10-,34-33+,39-38+,47-45+. The molecule has 1 fully saturated rings. The fourth-order valence-corrected chi connectivity index (χ4v) is 8.82. The zero-order chi connectivity index (χ0) is 48.7. The van der Waals surface area contributed by atoms with Crippen LogP contribution < -0.4 is 5.32 Å². The highest BCUT2D eigenvalue weighted by Crippen LogP contribution is 2.23. The van der Waals surface area contributed by atoms with E-state index >= 15 is 0 Å². The summed E-state index contributed by atoms with van der Waals surface area (Å²) < 4.78 is 11.2. The van der Waals surface area contributed by atoms with Gasteiger partial charge in [-0.25, -0.2) is 0 Å². The highest BCUT2D eigenvalue weighted by atomic mass is 16.7. The minimum absolute atomic E-state index is 0.202. The number of carbonyl (C=O) groups excluding carboxylic acids is 1. The molecular formula is C58H107NO8. The van der Waals surface area contributed by atoms with Gasteiger partial charge in [0.25, 0.3) is 0 Å². The highest BCUT2D eigenvalue weighted by molar-refractivity contribution is 5.76. The normalized spacial score (nSPS) is 20.0. The second-order valence-corrected chi connectivity index (χ2v) is 19.7. The molecule has 9 heteroatoms. The molecule has 0 bridgehead atoms. The quantitative estimate of drug-likeness (QED) is 0.0261. The van der Waals surface area contributed by atoms with Crippen LogP contribution in [0.3, 0.4) is 0 Å². The Kier molecular flexibility index (Phi) is 45.1. The van der Waals surface area contributed by atoms with Gasteiger partial charge in [-0.3, -0.25) is 4.79 Å². The van der Waals surface area contributed by atoms with Gasteiger partial charge in [0.2, 0.25) is 5.91 Å². The predicted octanol–water partition coefficient (Wildman–Crippen LogP) is 13.7. The van der Waals surface area contributed by atoms with Crippen molar-refractivity contribution in [3.63, 3.8) is 0 Å². The van der Waals surface area contributed by atoms with Gasteiger partial charge in [0.05, 0.1) is 25.4 Å². The predicted molar refractivity (Wildman–Crippen MR) is 281 cm³/mol. The molecule has 0 aromatic heterocycles. The smallest absolute Gasteiger partial charge is 0.220 e. The third-order valence-electron chi connectivity index (χ3n) is 13.4. The van der Waals surface area contributed by atoms with Crippen LogP contribution in [0, 0.1) is 0 Å². The molecule has 0 saturated carbocycles. The van der Waals surface area contributed by atoms with E-state index in [-0.39, 0.29) is 12.5 Å². The second-order valence-electron chi connectivity index (χ2n) is 19.7. The average Bonchev–Trinajstić information content (AvgIpc) is 3.33. The lowest BCUT2D eigenvalue weighted by Gasteiger charge is -2.40. The Morgan fingerprint density at radius 3 is 1.30 bits per heavy atom. The number of unbranched alkanes of at least 4 members (excludes halogenated alkanes) is 32. The van der Waals surface area contributed by atoms with Crippen molar-refractivity contribution in [2.45, 2.75) is 301 Å². The Labute approximate surface area is 412 Å². The lowest BCUT2D eigenvalue weighted by Crippen LogP contribution is -2.60. The van der Waals surface area contributed by atoms with Gasteiger partial charge < -0.3 is 40.3 Å². The van der Waals surface area contributed by atoms with E-state index in [2.05, 4.69) is 55.6 Å². The molecule has 0 radical (unpaired) electrons. The number of allylic oxidation sites excluding steroid dienone is 7. The van der Waals surface area contributed by atoms with Gasteiger partial charge in [-0.1, -0.05) is 236 Å². The first-order chi connectivity index (χ1) is 32.8. The second kappa shape index (κ2) is 47.8. The van der Waals surface area contributed by atoms with Crippen molar-refractivity contribution in [2.24, 2.45) is 0 Å². The Balaban J connectivity index is 2.17. The minimum Gasteiger partial charge on any atom is -0.394 e. The molecule has 0 aromatic carbocycles. The van der Waals surface area contributed by atoms with Crippen molar-refractivity contribution in [3.8, 4) is 0 Å². The number of hydrogen-bond acceptors (Lipinski definition) is 8. The Morgan fingerprint density at radius 1 is 0.493 bits per heavy atom. The van der Waals surface area contributed by atoms with Crippen LogP contribution in [0.4, 0.5) is 0 Å². The van der Waals surface area contributed by atoms with Crippen molar-refractivity contribution < 1.29 is 39.8 Å². The molecular weight excluding hydrogens is 839 g/mol. The zero-order valence-electron chi connectivity index (χ0n) is 43.4. The number of aliphatic hydroxyl groups excluding tert-OH is 5. The van der Waals surface area contributed by atoms with E-state index in [1.807, 2.05) is 6.08 Å². The highest BCUT2D eigenvalue weighted by Gasteiger charge is 2.44. The van der Waals surface area contributed by atoms with Crippen LogP contribution in [-0.4, -0.2) is 87.5 Å². The van der Waals surface area contributed by atoms with Crippen LogP contribution in [0.15, 0.2) is 48.6 Å². The molecule has 0 aliphatic carbocycles. The summed E-state index contributed by atoms with van der Waals surface area (Å²) in [5.41, 5.74) is 0. The Morgan fingerprint density at radius 2 is 0.866 bits per heavy atom. The molecule has 1 aliphatic rings. The first-order valence-electron chi connectivity index (χ1n) is 28.4. The van der Waals surface area contributed by atoms with Crippen molar-refractivity contribution in [3.05, 3.63) is 48.6 Å². The van der Waals surface area contributed by atoms with E-state index in [1.54, 1.807) is 6.08 Å². The first kappa shape index (κ1) is 63.2. The molecule has 1 saturated heterocycles. The summed E-state index contributed by atoms with van der Waals surface area (Å²) in [4.78, 5) is 12.9. The van der Waals surface area contributed by atoms with Gasteiger partial charge in [0.15, 0.2) is 6.29 Å². The lowest BCUT2D eigenvalue weighted by atomic mass is 9.99. The van der Waals surface area contributed by atoms with Gasteiger partial charge in [-0.15, -0.1) is 0 Å². The summed E-state index contributed by atoms with van der Waals surface area (Å²) in [6.45, 7) is 3.72. The van der Waals surface area contributed by atoms with Crippen molar-refractivity contribution in [1.82, 2.24) is 5.32 Å². The summed E-state index contributed by atoms with van der Waals surface area (Å²) in [6.07, 6.45) is 56.4. The van der Waals surface area contributed by atoms with Gasteiger partial charge in [-0.05, 0) is 64.2 Å². The van der Waals surface area contributed by atoms with Gasteiger partial charge in [0, 0.05) is 6.42 Å².